The maximum atomic E-state index is 13.7. The van der Waals surface area contributed by atoms with Gasteiger partial charge in [-0.1, -0.05) is 13.3 Å². The van der Waals surface area contributed by atoms with Crippen molar-refractivity contribution in [1.82, 2.24) is 0 Å². The van der Waals surface area contributed by atoms with Gasteiger partial charge in [-0.3, -0.25) is 0 Å². The fourth-order valence-electron chi connectivity index (χ4n) is 2.52. The van der Waals surface area contributed by atoms with Crippen LogP contribution >= 0.6 is 0 Å². The second kappa shape index (κ2) is 6.70. The van der Waals surface area contributed by atoms with Gasteiger partial charge in [-0.25, -0.2) is 9.18 Å². The first-order valence-corrected chi connectivity index (χ1v) is 7.01. The van der Waals surface area contributed by atoms with Crippen LogP contribution < -0.4 is 5.32 Å². The lowest BCUT2D eigenvalue weighted by Gasteiger charge is -2.30. The van der Waals surface area contributed by atoms with Gasteiger partial charge in [-0.2, -0.15) is 0 Å². The van der Waals surface area contributed by atoms with Crippen molar-refractivity contribution in [1.29, 1.82) is 0 Å². The molecule has 4 nitrogen and oxygen atoms in total. The molecule has 2 unspecified atom stereocenters. The van der Waals surface area contributed by atoms with Gasteiger partial charge in [-0.15, -0.1) is 0 Å². The van der Waals surface area contributed by atoms with Gasteiger partial charge in [0, 0.05) is 12.6 Å². The molecule has 1 aliphatic heterocycles. The molecule has 1 fully saturated rings. The monoisotopic (exact) mass is 281 g/mol. The molecule has 1 aliphatic rings. The molecule has 0 aliphatic carbocycles. The number of halogens is 1. The predicted octanol–water partition coefficient (Wildman–Crippen LogP) is 3.28. The number of carbonyl (C=O) groups is 1. The first-order valence-electron chi connectivity index (χ1n) is 7.01. The first kappa shape index (κ1) is 14.8. The van der Waals surface area contributed by atoms with E-state index in [9.17, 15) is 9.18 Å². The summed E-state index contributed by atoms with van der Waals surface area (Å²) in [5.74, 6) is -1.47. The van der Waals surface area contributed by atoms with Gasteiger partial charge in [0.2, 0.25) is 0 Å². The van der Waals surface area contributed by atoms with Crippen LogP contribution in [0, 0.1) is 5.82 Å². The van der Waals surface area contributed by atoms with Crippen LogP contribution in [0.15, 0.2) is 18.2 Å². The Morgan fingerprint density at radius 3 is 3.05 bits per heavy atom. The largest absolute Gasteiger partial charge is 0.478 e. The molecule has 0 spiro atoms. The van der Waals surface area contributed by atoms with E-state index in [1.165, 1.54) is 18.2 Å². The predicted molar refractivity (Wildman–Crippen MR) is 74.7 cm³/mol. The van der Waals surface area contributed by atoms with E-state index in [4.69, 9.17) is 9.84 Å². The van der Waals surface area contributed by atoms with Gasteiger partial charge in [0.05, 0.1) is 17.4 Å². The van der Waals surface area contributed by atoms with E-state index in [2.05, 4.69) is 12.2 Å². The Balaban J connectivity index is 2.05. The van der Waals surface area contributed by atoms with Crippen molar-refractivity contribution in [2.24, 2.45) is 0 Å². The Kier molecular flexibility index (Phi) is 4.95. The molecule has 1 saturated heterocycles. The Labute approximate surface area is 117 Å². The van der Waals surface area contributed by atoms with Gasteiger partial charge in [0.25, 0.3) is 0 Å². The molecule has 5 heteroatoms. The number of aromatic carboxylic acids is 1. The van der Waals surface area contributed by atoms with Crippen LogP contribution in [0.2, 0.25) is 0 Å². The van der Waals surface area contributed by atoms with Crippen LogP contribution in [0.25, 0.3) is 0 Å². The molecular weight excluding hydrogens is 261 g/mol. The fourth-order valence-corrected chi connectivity index (χ4v) is 2.52. The number of nitrogens with one attached hydrogen (secondary N) is 1. The van der Waals surface area contributed by atoms with Crippen molar-refractivity contribution in [3.63, 3.8) is 0 Å². The number of carboxylic acids is 1. The SMILES string of the molecule is CCCC1CC(Nc2cc(C(=O)O)ccc2F)CCO1. The van der Waals surface area contributed by atoms with E-state index in [0.717, 1.165) is 25.7 Å². The summed E-state index contributed by atoms with van der Waals surface area (Å²) in [7, 11) is 0. The van der Waals surface area contributed by atoms with Crippen molar-refractivity contribution in [3.05, 3.63) is 29.6 Å². The average molecular weight is 281 g/mol. The molecule has 0 amide bonds. The molecular formula is C15H20FNO3. The lowest BCUT2D eigenvalue weighted by Crippen LogP contribution is -2.34. The van der Waals surface area contributed by atoms with E-state index >= 15 is 0 Å². The summed E-state index contributed by atoms with van der Waals surface area (Å²) in [6.07, 6.45) is 3.88. The highest BCUT2D eigenvalue weighted by Gasteiger charge is 2.22. The number of anilines is 1. The van der Waals surface area contributed by atoms with Crippen LogP contribution in [0.3, 0.4) is 0 Å². The van der Waals surface area contributed by atoms with Crippen molar-refractivity contribution < 1.29 is 19.0 Å². The van der Waals surface area contributed by atoms with E-state index in [1.54, 1.807) is 0 Å². The van der Waals surface area contributed by atoms with Gasteiger partial charge < -0.3 is 15.2 Å². The van der Waals surface area contributed by atoms with Crippen LogP contribution in [0.4, 0.5) is 10.1 Å². The lowest BCUT2D eigenvalue weighted by molar-refractivity contribution is 0.00592. The third-order valence-electron chi connectivity index (χ3n) is 3.55. The molecule has 0 radical (unpaired) electrons. The van der Waals surface area contributed by atoms with Crippen molar-refractivity contribution in [3.8, 4) is 0 Å². The lowest BCUT2D eigenvalue weighted by atomic mass is 9.99. The number of rotatable bonds is 5. The maximum absolute atomic E-state index is 13.7. The second-order valence-electron chi connectivity index (χ2n) is 5.15. The van der Waals surface area contributed by atoms with Gasteiger partial charge in [0.1, 0.15) is 5.82 Å². The maximum Gasteiger partial charge on any atom is 0.335 e. The smallest absolute Gasteiger partial charge is 0.335 e. The summed E-state index contributed by atoms with van der Waals surface area (Å²) in [6.45, 7) is 2.76. The molecule has 0 bridgehead atoms. The third-order valence-corrected chi connectivity index (χ3v) is 3.55. The van der Waals surface area contributed by atoms with Crippen LogP contribution in [-0.2, 0) is 4.74 Å². The zero-order valence-electron chi connectivity index (χ0n) is 11.6. The molecule has 1 heterocycles. The number of carboxylic acid groups (broad SMARTS) is 1. The Hall–Kier alpha value is -1.62. The van der Waals surface area contributed by atoms with Crippen molar-refractivity contribution >= 4 is 11.7 Å². The Bertz CT molecular complexity index is 476. The zero-order chi connectivity index (χ0) is 14.5. The number of hydrogen-bond donors (Lipinski definition) is 2. The molecule has 20 heavy (non-hydrogen) atoms. The number of ether oxygens (including phenoxy) is 1. The second-order valence-corrected chi connectivity index (χ2v) is 5.15. The third kappa shape index (κ3) is 3.70. The quantitative estimate of drug-likeness (QED) is 0.869. The molecule has 2 atom stereocenters. The standard InChI is InChI=1S/C15H20FNO3/c1-2-3-12-9-11(6-7-20-12)17-14-8-10(15(18)19)4-5-13(14)16/h4-5,8,11-12,17H,2-3,6-7,9H2,1H3,(H,18,19). The van der Waals surface area contributed by atoms with Gasteiger partial charge in [0.15, 0.2) is 0 Å². The zero-order valence-corrected chi connectivity index (χ0v) is 11.6. The molecule has 1 aromatic carbocycles. The molecule has 1 aromatic rings. The van der Waals surface area contributed by atoms with Crippen molar-refractivity contribution in [2.75, 3.05) is 11.9 Å². The minimum atomic E-state index is -1.05. The molecule has 2 N–H and O–H groups in total. The van der Waals surface area contributed by atoms with Crippen LogP contribution in [0.5, 0.6) is 0 Å². The van der Waals surface area contributed by atoms with E-state index < -0.39 is 11.8 Å². The number of hydrogen-bond acceptors (Lipinski definition) is 3. The van der Waals surface area contributed by atoms with E-state index in [-0.39, 0.29) is 23.4 Å². The molecule has 110 valence electrons. The van der Waals surface area contributed by atoms with Crippen LogP contribution in [0.1, 0.15) is 43.0 Å². The molecule has 2 rings (SSSR count). The summed E-state index contributed by atoms with van der Waals surface area (Å²) in [5.41, 5.74) is 0.345. The highest BCUT2D eigenvalue weighted by Crippen LogP contribution is 2.24. The normalized spacial score (nSPS) is 22.5. The van der Waals surface area contributed by atoms with Crippen molar-refractivity contribution in [2.45, 2.75) is 44.8 Å². The minimum absolute atomic E-state index is 0.0890. The number of benzene rings is 1. The highest BCUT2D eigenvalue weighted by atomic mass is 19.1. The Morgan fingerprint density at radius 2 is 2.35 bits per heavy atom. The highest BCUT2D eigenvalue weighted by molar-refractivity contribution is 5.88. The summed E-state index contributed by atoms with van der Waals surface area (Å²) < 4.78 is 19.4. The fraction of sp³-hybridized carbons (Fsp3) is 0.533. The van der Waals surface area contributed by atoms with E-state index in [0.29, 0.717) is 6.61 Å². The van der Waals surface area contributed by atoms with E-state index in [1.807, 2.05) is 0 Å². The Morgan fingerprint density at radius 1 is 1.55 bits per heavy atom. The topological polar surface area (TPSA) is 58.6 Å². The summed E-state index contributed by atoms with van der Waals surface area (Å²) in [4.78, 5) is 10.9. The first-order chi connectivity index (χ1) is 9.60. The average Bonchev–Trinajstić information content (AvgIpc) is 2.42. The van der Waals surface area contributed by atoms with Crippen LogP contribution in [-0.4, -0.2) is 29.8 Å². The minimum Gasteiger partial charge on any atom is -0.478 e. The molecule has 0 saturated carbocycles. The summed E-state index contributed by atoms with van der Waals surface area (Å²) >= 11 is 0. The summed E-state index contributed by atoms with van der Waals surface area (Å²) in [6, 6.07) is 3.93. The van der Waals surface area contributed by atoms with Gasteiger partial charge >= 0.3 is 5.97 Å². The molecule has 0 aromatic heterocycles. The summed E-state index contributed by atoms with van der Waals surface area (Å²) in [5, 5.41) is 12.1. The van der Waals surface area contributed by atoms with Gasteiger partial charge in [-0.05, 0) is 37.5 Å².